The van der Waals surface area contributed by atoms with E-state index in [9.17, 15) is 0 Å². The Hall–Kier alpha value is -3.84. The van der Waals surface area contributed by atoms with Gasteiger partial charge in [-0.1, -0.05) is 32.4 Å². The highest BCUT2D eigenvalue weighted by Crippen LogP contribution is 2.35. The molecule has 4 aromatic rings. The predicted octanol–water partition coefficient (Wildman–Crippen LogP) is 6.33. The highest BCUT2D eigenvalue weighted by atomic mass is 16.5. The SMILES string of the molecule is CCC(C)CN(c1cc(OC)cc(OC)c1)c1ccc2ncc(-c3cccc(N4CCOCC4)c3)nc2c1. The first kappa shape index (κ1) is 25.8. The minimum Gasteiger partial charge on any atom is -0.497 e. The Bertz CT molecular complexity index is 1360. The van der Waals surface area contributed by atoms with Crippen molar-refractivity contribution in [2.24, 2.45) is 5.92 Å². The van der Waals surface area contributed by atoms with Gasteiger partial charge in [-0.2, -0.15) is 0 Å². The van der Waals surface area contributed by atoms with E-state index in [4.69, 9.17) is 24.2 Å². The summed E-state index contributed by atoms with van der Waals surface area (Å²) >= 11 is 0. The van der Waals surface area contributed by atoms with E-state index in [0.29, 0.717) is 5.92 Å². The summed E-state index contributed by atoms with van der Waals surface area (Å²) in [6, 6.07) is 20.8. The topological polar surface area (TPSA) is 60.0 Å². The molecule has 1 saturated heterocycles. The standard InChI is InChI=1S/C31H36N4O3/c1-5-22(2)21-35(26-16-27(36-3)19-28(17-26)37-4)25-9-10-29-30(18-25)33-31(20-32-29)23-7-6-8-24(15-23)34-11-13-38-14-12-34/h6-10,15-20,22H,5,11-14,21H2,1-4H3. The predicted molar refractivity (Wildman–Crippen MR) is 154 cm³/mol. The molecule has 1 aliphatic heterocycles. The van der Waals surface area contributed by atoms with Crippen LogP contribution in [0.1, 0.15) is 20.3 Å². The molecule has 1 atom stereocenters. The number of rotatable bonds is 9. The van der Waals surface area contributed by atoms with Crippen LogP contribution in [-0.2, 0) is 4.74 Å². The van der Waals surface area contributed by atoms with Crippen molar-refractivity contribution in [1.29, 1.82) is 0 Å². The van der Waals surface area contributed by atoms with Crippen LogP contribution >= 0.6 is 0 Å². The molecule has 1 unspecified atom stereocenters. The zero-order valence-electron chi connectivity index (χ0n) is 22.7. The highest BCUT2D eigenvalue weighted by Gasteiger charge is 2.17. The number of aromatic nitrogens is 2. The van der Waals surface area contributed by atoms with Gasteiger partial charge < -0.3 is 24.0 Å². The van der Waals surface area contributed by atoms with Gasteiger partial charge in [0.15, 0.2) is 0 Å². The molecule has 0 N–H and O–H groups in total. The van der Waals surface area contributed by atoms with E-state index in [1.807, 2.05) is 30.5 Å². The van der Waals surface area contributed by atoms with Gasteiger partial charge >= 0.3 is 0 Å². The van der Waals surface area contributed by atoms with Crippen LogP contribution in [0.5, 0.6) is 11.5 Å². The third kappa shape index (κ3) is 5.68. The van der Waals surface area contributed by atoms with Crippen molar-refractivity contribution in [3.05, 3.63) is 66.9 Å². The molecule has 0 amide bonds. The average Bonchev–Trinajstić information content (AvgIpc) is 2.99. The van der Waals surface area contributed by atoms with Crippen LogP contribution in [-0.4, -0.2) is 57.0 Å². The molecular formula is C31H36N4O3. The van der Waals surface area contributed by atoms with Crippen LogP contribution in [0.4, 0.5) is 17.1 Å². The lowest BCUT2D eigenvalue weighted by atomic mass is 10.1. The highest BCUT2D eigenvalue weighted by molar-refractivity contribution is 5.83. The third-order valence-corrected chi connectivity index (χ3v) is 7.19. The molecule has 7 heteroatoms. The number of hydrogen-bond acceptors (Lipinski definition) is 7. The Morgan fingerprint density at radius 3 is 2.39 bits per heavy atom. The van der Waals surface area contributed by atoms with Crippen molar-refractivity contribution >= 4 is 28.1 Å². The van der Waals surface area contributed by atoms with Crippen LogP contribution in [0.25, 0.3) is 22.3 Å². The van der Waals surface area contributed by atoms with Gasteiger partial charge in [0.1, 0.15) is 11.5 Å². The first-order chi connectivity index (χ1) is 18.6. The van der Waals surface area contributed by atoms with Crippen molar-refractivity contribution in [2.75, 3.05) is 56.9 Å². The van der Waals surface area contributed by atoms with Gasteiger partial charge in [0.2, 0.25) is 0 Å². The zero-order chi connectivity index (χ0) is 26.5. The van der Waals surface area contributed by atoms with Gasteiger partial charge in [0.25, 0.3) is 0 Å². The van der Waals surface area contributed by atoms with E-state index in [-0.39, 0.29) is 0 Å². The summed E-state index contributed by atoms with van der Waals surface area (Å²) in [7, 11) is 3.36. The number of fused-ring (bicyclic) bond motifs is 1. The molecule has 3 aromatic carbocycles. The minimum absolute atomic E-state index is 0.489. The Kier molecular flexibility index (Phi) is 7.94. The van der Waals surface area contributed by atoms with Gasteiger partial charge in [-0.05, 0) is 36.2 Å². The van der Waals surface area contributed by atoms with E-state index in [0.717, 1.165) is 84.4 Å². The lowest BCUT2D eigenvalue weighted by molar-refractivity contribution is 0.122. The minimum atomic E-state index is 0.489. The molecular weight excluding hydrogens is 476 g/mol. The number of morpholine rings is 1. The molecule has 7 nitrogen and oxygen atoms in total. The molecule has 0 saturated carbocycles. The normalized spacial score (nSPS) is 14.4. The Balaban J connectivity index is 1.53. The van der Waals surface area contributed by atoms with E-state index in [2.05, 4.69) is 60.0 Å². The van der Waals surface area contributed by atoms with Crippen LogP contribution in [0.3, 0.4) is 0 Å². The number of anilines is 3. The number of methoxy groups -OCH3 is 2. The molecule has 0 radical (unpaired) electrons. The smallest absolute Gasteiger partial charge is 0.124 e. The first-order valence-corrected chi connectivity index (χ1v) is 13.3. The van der Waals surface area contributed by atoms with Crippen molar-refractivity contribution in [2.45, 2.75) is 20.3 Å². The second kappa shape index (κ2) is 11.7. The van der Waals surface area contributed by atoms with Gasteiger partial charge in [-0.3, -0.25) is 4.98 Å². The number of hydrogen-bond donors (Lipinski definition) is 0. The average molecular weight is 513 g/mol. The van der Waals surface area contributed by atoms with Crippen molar-refractivity contribution in [1.82, 2.24) is 9.97 Å². The van der Waals surface area contributed by atoms with Crippen LogP contribution < -0.4 is 19.3 Å². The summed E-state index contributed by atoms with van der Waals surface area (Å²) in [6.07, 6.45) is 2.94. The fraction of sp³-hybridized carbons (Fsp3) is 0.355. The van der Waals surface area contributed by atoms with E-state index in [1.165, 1.54) is 5.69 Å². The van der Waals surface area contributed by atoms with Gasteiger partial charge in [-0.15, -0.1) is 0 Å². The number of ether oxygens (including phenoxy) is 3. The summed E-state index contributed by atoms with van der Waals surface area (Å²) < 4.78 is 16.6. The van der Waals surface area contributed by atoms with Gasteiger partial charge in [-0.25, -0.2) is 4.98 Å². The van der Waals surface area contributed by atoms with Crippen molar-refractivity contribution < 1.29 is 14.2 Å². The largest absolute Gasteiger partial charge is 0.497 e. The van der Waals surface area contributed by atoms with Gasteiger partial charge in [0, 0.05) is 60.5 Å². The monoisotopic (exact) mass is 512 g/mol. The number of nitrogens with zero attached hydrogens (tertiary/aromatic N) is 4. The maximum Gasteiger partial charge on any atom is 0.124 e. The lowest BCUT2D eigenvalue weighted by Gasteiger charge is -2.29. The Morgan fingerprint density at radius 2 is 1.68 bits per heavy atom. The van der Waals surface area contributed by atoms with E-state index < -0.39 is 0 Å². The molecule has 2 heterocycles. The summed E-state index contributed by atoms with van der Waals surface area (Å²) in [4.78, 5) is 14.5. The molecule has 1 fully saturated rings. The summed E-state index contributed by atoms with van der Waals surface area (Å²) in [5, 5.41) is 0. The maximum atomic E-state index is 5.56. The third-order valence-electron chi connectivity index (χ3n) is 7.19. The molecule has 198 valence electrons. The number of benzene rings is 3. The summed E-state index contributed by atoms with van der Waals surface area (Å²) in [5.41, 5.74) is 6.91. The van der Waals surface area contributed by atoms with Crippen LogP contribution in [0.2, 0.25) is 0 Å². The molecule has 1 aliphatic rings. The maximum absolute atomic E-state index is 5.56. The lowest BCUT2D eigenvalue weighted by Crippen LogP contribution is -2.36. The molecule has 38 heavy (non-hydrogen) atoms. The second-order valence-corrected chi connectivity index (χ2v) is 9.77. The van der Waals surface area contributed by atoms with Crippen LogP contribution in [0, 0.1) is 5.92 Å². The van der Waals surface area contributed by atoms with Crippen molar-refractivity contribution in [3.63, 3.8) is 0 Å². The van der Waals surface area contributed by atoms with Crippen molar-refractivity contribution in [3.8, 4) is 22.8 Å². The second-order valence-electron chi connectivity index (χ2n) is 9.77. The Labute approximate surface area is 225 Å². The summed E-state index contributed by atoms with van der Waals surface area (Å²) in [6.45, 7) is 8.66. The quantitative estimate of drug-likeness (QED) is 0.259. The zero-order valence-corrected chi connectivity index (χ0v) is 22.7. The fourth-order valence-electron chi connectivity index (χ4n) is 4.74. The Morgan fingerprint density at radius 1 is 0.921 bits per heavy atom. The van der Waals surface area contributed by atoms with Gasteiger partial charge in [0.05, 0.1) is 50.4 Å². The molecule has 0 aliphatic carbocycles. The first-order valence-electron chi connectivity index (χ1n) is 13.3. The fourth-order valence-corrected chi connectivity index (χ4v) is 4.74. The molecule has 5 rings (SSSR count). The molecule has 0 bridgehead atoms. The molecule has 0 spiro atoms. The van der Waals surface area contributed by atoms with E-state index >= 15 is 0 Å². The van der Waals surface area contributed by atoms with Crippen LogP contribution in [0.15, 0.2) is 66.9 Å². The summed E-state index contributed by atoms with van der Waals surface area (Å²) in [5.74, 6) is 2.01. The van der Waals surface area contributed by atoms with E-state index in [1.54, 1.807) is 14.2 Å². The molecule has 1 aromatic heterocycles.